The van der Waals surface area contributed by atoms with Crippen molar-refractivity contribution in [1.82, 2.24) is 19.7 Å². The Morgan fingerprint density at radius 3 is 2.48 bits per heavy atom. The van der Waals surface area contributed by atoms with E-state index >= 15 is 0 Å². The van der Waals surface area contributed by atoms with Crippen LogP contribution >= 0.6 is 23.2 Å². The van der Waals surface area contributed by atoms with Crippen LogP contribution in [-0.4, -0.2) is 31.4 Å². The first-order valence-corrected chi connectivity index (χ1v) is 8.80. The number of hydrogen-bond donors (Lipinski definition) is 1. The summed E-state index contributed by atoms with van der Waals surface area (Å²) in [7, 11) is 0. The van der Waals surface area contributed by atoms with Gasteiger partial charge in [-0.2, -0.15) is 14.8 Å². The van der Waals surface area contributed by atoms with E-state index in [1.165, 1.54) is 10.9 Å². The third kappa shape index (κ3) is 4.96. The number of carbonyl (C=O) groups is 1. The molecule has 27 heavy (non-hydrogen) atoms. The maximum atomic E-state index is 12.1. The van der Waals surface area contributed by atoms with E-state index in [0.717, 1.165) is 16.8 Å². The van der Waals surface area contributed by atoms with Gasteiger partial charge in [-0.3, -0.25) is 0 Å². The number of ether oxygens (including phenoxy) is 1. The fourth-order valence-electron chi connectivity index (χ4n) is 2.20. The Morgan fingerprint density at radius 2 is 1.81 bits per heavy atom. The summed E-state index contributed by atoms with van der Waals surface area (Å²) in [5.74, 6) is 0.419. The zero-order chi connectivity index (χ0) is 19.6. The van der Waals surface area contributed by atoms with Gasteiger partial charge in [0.25, 0.3) is 0 Å². The Bertz CT molecular complexity index is 965. The summed E-state index contributed by atoms with van der Waals surface area (Å²) in [6.07, 6.45) is 4.13. The minimum Gasteiger partial charge on any atom is -0.442 e. The molecule has 0 aliphatic heterocycles. The van der Waals surface area contributed by atoms with Crippen LogP contribution in [-0.2, 0) is 4.74 Å². The van der Waals surface area contributed by atoms with Crippen LogP contribution in [0, 0.1) is 0 Å². The Balaban J connectivity index is 1.74. The van der Waals surface area contributed by atoms with Gasteiger partial charge < -0.3 is 10.1 Å². The quantitative estimate of drug-likeness (QED) is 0.604. The molecule has 0 saturated heterocycles. The summed E-state index contributed by atoms with van der Waals surface area (Å²) >= 11 is 11.8. The van der Waals surface area contributed by atoms with E-state index in [0.29, 0.717) is 10.8 Å². The number of benzene rings is 1. The molecule has 1 aromatic carbocycles. The zero-order valence-electron chi connectivity index (χ0n) is 14.9. The Labute approximate surface area is 166 Å². The van der Waals surface area contributed by atoms with Crippen LogP contribution < -0.4 is 5.32 Å². The molecule has 0 bridgehead atoms. The van der Waals surface area contributed by atoms with Crippen LogP contribution in [0.5, 0.6) is 0 Å². The van der Waals surface area contributed by atoms with E-state index in [2.05, 4.69) is 20.4 Å². The average molecular weight is 406 g/mol. The van der Waals surface area contributed by atoms with Gasteiger partial charge in [0, 0.05) is 17.4 Å². The number of aromatic nitrogens is 4. The summed E-state index contributed by atoms with van der Waals surface area (Å²) in [6.45, 7) is 5.41. The van der Waals surface area contributed by atoms with E-state index in [-0.39, 0.29) is 5.28 Å². The van der Waals surface area contributed by atoms with Crippen LogP contribution in [0.2, 0.25) is 10.3 Å². The summed E-state index contributed by atoms with van der Waals surface area (Å²) < 4.78 is 6.47. The normalized spacial score (nSPS) is 11.3. The first-order valence-electron chi connectivity index (χ1n) is 8.05. The van der Waals surface area contributed by atoms with Gasteiger partial charge in [-0.05, 0) is 50.1 Å². The molecule has 140 valence electrons. The lowest BCUT2D eigenvalue weighted by Crippen LogP contribution is -2.27. The van der Waals surface area contributed by atoms with Gasteiger partial charge in [-0.1, -0.05) is 23.7 Å². The average Bonchev–Trinajstić information content (AvgIpc) is 3.08. The number of carbonyl (C=O) groups excluding carboxylic acids is 1. The predicted octanol–water partition coefficient (Wildman–Crippen LogP) is 5.17. The van der Waals surface area contributed by atoms with Gasteiger partial charge in [-0.15, -0.1) is 0 Å². The molecule has 1 N–H and O–H groups in total. The largest absolute Gasteiger partial charge is 0.442 e. The van der Waals surface area contributed by atoms with Crippen molar-refractivity contribution in [2.45, 2.75) is 26.4 Å². The molecule has 0 amide bonds. The summed E-state index contributed by atoms with van der Waals surface area (Å²) in [5.41, 5.74) is 1.87. The van der Waals surface area contributed by atoms with E-state index in [9.17, 15) is 4.79 Å². The van der Waals surface area contributed by atoms with Crippen LogP contribution in [0.3, 0.4) is 0 Å². The van der Waals surface area contributed by atoms with Gasteiger partial charge >= 0.3 is 6.09 Å². The maximum Gasteiger partial charge on any atom is 0.435 e. The predicted molar refractivity (Wildman–Crippen MR) is 105 cm³/mol. The molecule has 0 radical (unpaired) electrons. The number of rotatable bonds is 3. The minimum absolute atomic E-state index is 0.105. The molecule has 0 atom stereocenters. The molecule has 2 aromatic heterocycles. The second-order valence-electron chi connectivity index (χ2n) is 6.69. The van der Waals surface area contributed by atoms with Gasteiger partial charge in [0.15, 0.2) is 5.82 Å². The summed E-state index contributed by atoms with van der Waals surface area (Å²) in [4.78, 5) is 19.9. The molecular weight excluding hydrogens is 389 g/mol. The van der Waals surface area contributed by atoms with Crippen molar-refractivity contribution in [2.75, 3.05) is 5.32 Å². The molecule has 0 fully saturated rings. The highest BCUT2D eigenvalue weighted by atomic mass is 35.5. The van der Waals surface area contributed by atoms with Crippen molar-refractivity contribution in [2.24, 2.45) is 0 Å². The lowest BCUT2D eigenvalue weighted by Gasteiger charge is -2.18. The van der Waals surface area contributed by atoms with E-state index in [1.807, 2.05) is 24.3 Å². The van der Waals surface area contributed by atoms with Crippen molar-refractivity contribution < 1.29 is 9.53 Å². The maximum absolute atomic E-state index is 12.1. The SMILES string of the molecule is CC(C)(C)OC(=O)n1cc(-c2ccc(Nc3nc(Cl)ncc3Cl)cc2)cn1. The third-order valence-electron chi connectivity index (χ3n) is 3.36. The monoisotopic (exact) mass is 405 g/mol. The number of anilines is 2. The molecular formula is C18H17Cl2N5O2. The third-order valence-corrected chi connectivity index (χ3v) is 3.82. The Hall–Kier alpha value is -2.64. The van der Waals surface area contributed by atoms with E-state index in [1.54, 1.807) is 33.2 Å². The minimum atomic E-state index is -0.582. The molecule has 9 heteroatoms. The van der Waals surface area contributed by atoms with Crippen molar-refractivity contribution in [3.63, 3.8) is 0 Å². The first-order chi connectivity index (χ1) is 12.7. The standard InChI is InChI=1S/C18H17Cl2N5O2/c1-18(2,3)27-17(26)25-10-12(8-22-25)11-4-6-13(7-5-11)23-15-14(19)9-21-16(20)24-15/h4-10H,1-3H3,(H,21,23,24). The van der Waals surface area contributed by atoms with Crippen molar-refractivity contribution in [3.05, 3.63) is 53.2 Å². The van der Waals surface area contributed by atoms with Gasteiger partial charge in [-0.25, -0.2) is 9.78 Å². The summed E-state index contributed by atoms with van der Waals surface area (Å²) in [5, 5.41) is 7.61. The molecule has 3 aromatic rings. The molecule has 0 saturated carbocycles. The molecule has 0 aliphatic carbocycles. The second kappa shape index (κ2) is 7.54. The van der Waals surface area contributed by atoms with Gasteiger partial charge in [0.05, 0.1) is 12.4 Å². The summed E-state index contributed by atoms with van der Waals surface area (Å²) in [6, 6.07) is 7.48. The fourth-order valence-corrected chi connectivity index (χ4v) is 2.47. The van der Waals surface area contributed by atoms with Crippen LogP contribution in [0.4, 0.5) is 16.3 Å². The molecule has 3 rings (SSSR count). The molecule has 0 spiro atoms. The van der Waals surface area contributed by atoms with Crippen molar-refractivity contribution >= 4 is 40.8 Å². The van der Waals surface area contributed by atoms with Gasteiger partial charge in [0.1, 0.15) is 10.6 Å². The Kier molecular flexibility index (Phi) is 5.34. The smallest absolute Gasteiger partial charge is 0.435 e. The zero-order valence-corrected chi connectivity index (χ0v) is 16.4. The molecule has 0 unspecified atom stereocenters. The van der Waals surface area contributed by atoms with E-state index in [4.69, 9.17) is 27.9 Å². The molecule has 0 aliphatic rings. The van der Waals surface area contributed by atoms with Gasteiger partial charge in [0.2, 0.25) is 5.28 Å². The molecule has 2 heterocycles. The second-order valence-corrected chi connectivity index (χ2v) is 7.44. The lowest BCUT2D eigenvalue weighted by atomic mass is 10.1. The number of nitrogens with one attached hydrogen (secondary N) is 1. The van der Waals surface area contributed by atoms with E-state index < -0.39 is 11.7 Å². The topological polar surface area (TPSA) is 81.9 Å². The first kappa shape index (κ1) is 19.1. The lowest BCUT2D eigenvalue weighted by molar-refractivity contribution is 0.0514. The molecule has 7 nitrogen and oxygen atoms in total. The number of halogens is 2. The van der Waals surface area contributed by atoms with Crippen LogP contribution in [0.1, 0.15) is 20.8 Å². The van der Waals surface area contributed by atoms with Crippen molar-refractivity contribution in [3.8, 4) is 11.1 Å². The highest BCUT2D eigenvalue weighted by molar-refractivity contribution is 6.33. The highest BCUT2D eigenvalue weighted by Gasteiger charge is 2.18. The van der Waals surface area contributed by atoms with Crippen LogP contribution in [0.25, 0.3) is 11.1 Å². The number of hydrogen-bond acceptors (Lipinski definition) is 6. The van der Waals surface area contributed by atoms with Crippen LogP contribution in [0.15, 0.2) is 42.9 Å². The number of nitrogens with zero attached hydrogens (tertiary/aromatic N) is 4. The highest BCUT2D eigenvalue weighted by Crippen LogP contribution is 2.26. The fraction of sp³-hybridized carbons (Fsp3) is 0.222. The Morgan fingerprint density at radius 1 is 1.11 bits per heavy atom. The van der Waals surface area contributed by atoms with Crippen molar-refractivity contribution in [1.29, 1.82) is 0 Å².